The van der Waals surface area contributed by atoms with E-state index in [0.29, 0.717) is 13.0 Å². The smallest absolute Gasteiger partial charge is 0.326 e. The number of carboxylic acid groups (broad SMARTS) is 1. The topological polar surface area (TPSA) is 58.6 Å². The van der Waals surface area contributed by atoms with E-state index in [-0.39, 0.29) is 0 Å². The summed E-state index contributed by atoms with van der Waals surface area (Å²) in [6.45, 7) is 0.525. The molecule has 4 heteroatoms. The molecule has 1 atom stereocenters. The lowest BCUT2D eigenvalue weighted by Crippen LogP contribution is -2.31. The van der Waals surface area contributed by atoms with Crippen LogP contribution >= 0.6 is 0 Å². The highest BCUT2D eigenvalue weighted by atomic mass is 16.5. The quantitative estimate of drug-likeness (QED) is 0.345. The van der Waals surface area contributed by atoms with Crippen LogP contribution in [0, 0.1) is 0 Å². The maximum atomic E-state index is 11.8. The van der Waals surface area contributed by atoms with E-state index in [1.807, 2.05) is 109 Å². The zero-order valence-corrected chi connectivity index (χ0v) is 17.6. The molecule has 0 aliphatic rings. The number of rotatable bonds is 9. The van der Waals surface area contributed by atoms with Gasteiger partial charge in [-0.05, 0) is 46.5 Å². The van der Waals surface area contributed by atoms with E-state index in [2.05, 4.69) is 5.32 Å². The third kappa shape index (κ3) is 5.76. The van der Waals surface area contributed by atoms with Crippen LogP contribution in [0.3, 0.4) is 0 Å². The Morgan fingerprint density at radius 2 is 1.41 bits per heavy atom. The number of benzene rings is 4. The number of carbonyl (C=O) groups is 1. The second kappa shape index (κ2) is 10.3. The lowest BCUT2D eigenvalue weighted by Gasteiger charge is -2.17. The molecule has 4 aromatic carbocycles. The Hall–Kier alpha value is -4.05. The van der Waals surface area contributed by atoms with E-state index in [1.54, 1.807) is 0 Å². The minimum Gasteiger partial charge on any atom is -0.489 e. The minimum atomic E-state index is -0.876. The summed E-state index contributed by atoms with van der Waals surface area (Å²) in [4.78, 5) is 11.8. The summed E-state index contributed by atoms with van der Waals surface area (Å²) in [5.41, 5.74) is 4.92. The molecular weight excluding hydrogens is 398 g/mol. The van der Waals surface area contributed by atoms with Crippen molar-refractivity contribution in [1.29, 1.82) is 0 Å². The molecule has 0 fully saturated rings. The summed E-state index contributed by atoms with van der Waals surface area (Å²) in [6.07, 6.45) is 0.411. The molecular formula is C28H25NO3. The van der Waals surface area contributed by atoms with Gasteiger partial charge in [-0.2, -0.15) is 0 Å². The van der Waals surface area contributed by atoms with Crippen LogP contribution in [-0.4, -0.2) is 17.1 Å². The van der Waals surface area contributed by atoms with Crippen LogP contribution in [0.25, 0.3) is 11.1 Å². The average molecular weight is 424 g/mol. The monoisotopic (exact) mass is 423 g/mol. The van der Waals surface area contributed by atoms with E-state index in [9.17, 15) is 9.90 Å². The SMILES string of the molecule is O=C(O)[C@H](Cc1ccccc1)Nc1cccc(-c2ccc(OCc3ccccc3)cc2)c1. The van der Waals surface area contributed by atoms with Gasteiger partial charge in [0.25, 0.3) is 0 Å². The number of ether oxygens (including phenoxy) is 1. The number of nitrogens with one attached hydrogen (secondary N) is 1. The van der Waals surface area contributed by atoms with Crippen molar-refractivity contribution in [2.75, 3.05) is 5.32 Å². The van der Waals surface area contributed by atoms with Crippen molar-refractivity contribution in [1.82, 2.24) is 0 Å². The largest absolute Gasteiger partial charge is 0.489 e. The second-order valence-corrected chi connectivity index (χ2v) is 7.60. The van der Waals surface area contributed by atoms with Crippen molar-refractivity contribution in [2.45, 2.75) is 19.1 Å². The van der Waals surface area contributed by atoms with Crippen molar-refractivity contribution >= 4 is 11.7 Å². The number of hydrogen-bond donors (Lipinski definition) is 2. The normalized spacial score (nSPS) is 11.5. The summed E-state index contributed by atoms with van der Waals surface area (Å²) in [7, 11) is 0. The molecule has 0 saturated carbocycles. The maximum Gasteiger partial charge on any atom is 0.326 e. The standard InChI is InChI=1S/C28H25NO3/c30-28(31)27(18-21-8-3-1-4-9-21)29-25-13-7-12-24(19-25)23-14-16-26(17-15-23)32-20-22-10-5-2-6-11-22/h1-17,19,27,29H,18,20H2,(H,30,31)/t27-/m0/s1. The Balaban J connectivity index is 1.43. The van der Waals surface area contributed by atoms with Gasteiger partial charge in [0.2, 0.25) is 0 Å². The Kier molecular flexibility index (Phi) is 6.83. The van der Waals surface area contributed by atoms with Crippen LogP contribution in [0.15, 0.2) is 109 Å². The molecule has 0 unspecified atom stereocenters. The van der Waals surface area contributed by atoms with Crippen molar-refractivity contribution in [3.05, 3.63) is 120 Å². The highest BCUT2D eigenvalue weighted by molar-refractivity contribution is 5.78. The fraction of sp³-hybridized carbons (Fsp3) is 0.107. The lowest BCUT2D eigenvalue weighted by molar-refractivity contribution is -0.137. The molecule has 0 saturated heterocycles. The predicted molar refractivity (Wildman–Crippen MR) is 128 cm³/mol. The Bertz CT molecular complexity index is 1140. The molecule has 0 bridgehead atoms. The molecule has 160 valence electrons. The number of carboxylic acids is 1. The van der Waals surface area contributed by atoms with Gasteiger partial charge in [0, 0.05) is 12.1 Å². The molecule has 32 heavy (non-hydrogen) atoms. The first kappa shape index (κ1) is 21.2. The van der Waals surface area contributed by atoms with Crippen LogP contribution in [0.1, 0.15) is 11.1 Å². The molecule has 4 aromatic rings. The molecule has 0 aromatic heterocycles. The molecule has 0 radical (unpaired) electrons. The molecule has 0 spiro atoms. The van der Waals surface area contributed by atoms with Crippen LogP contribution in [0.4, 0.5) is 5.69 Å². The van der Waals surface area contributed by atoms with Gasteiger partial charge in [0.15, 0.2) is 0 Å². The van der Waals surface area contributed by atoms with Crippen molar-refractivity contribution in [2.24, 2.45) is 0 Å². The van der Waals surface area contributed by atoms with Gasteiger partial charge in [-0.25, -0.2) is 4.79 Å². The van der Waals surface area contributed by atoms with Gasteiger partial charge in [-0.3, -0.25) is 0 Å². The Morgan fingerprint density at radius 1 is 0.750 bits per heavy atom. The first-order valence-corrected chi connectivity index (χ1v) is 10.6. The van der Waals surface area contributed by atoms with E-state index in [4.69, 9.17) is 4.74 Å². The first-order valence-electron chi connectivity index (χ1n) is 10.6. The summed E-state index contributed by atoms with van der Waals surface area (Å²) in [6, 6.07) is 34.7. The highest BCUT2D eigenvalue weighted by Gasteiger charge is 2.18. The van der Waals surface area contributed by atoms with Gasteiger partial charge < -0.3 is 15.2 Å². The van der Waals surface area contributed by atoms with Gasteiger partial charge in [-0.15, -0.1) is 0 Å². The second-order valence-electron chi connectivity index (χ2n) is 7.60. The van der Waals surface area contributed by atoms with E-state index < -0.39 is 12.0 Å². The minimum absolute atomic E-state index is 0.411. The molecule has 2 N–H and O–H groups in total. The highest BCUT2D eigenvalue weighted by Crippen LogP contribution is 2.26. The molecule has 0 aliphatic heterocycles. The predicted octanol–water partition coefficient (Wildman–Crippen LogP) is 6.04. The van der Waals surface area contributed by atoms with Gasteiger partial charge in [0.1, 0.15) is 18.4 Å². The number of aliphatic carboxylic acids is 1. The molecule has 0 aliphatic carbocycles. The van der Waals surface area contributed by atoms with Gasteiger partial charge in [-0.1, -0.05) is 84.9 Å². The zero-order valence-electron chi connectivity index (χ0n) is 17.6. The molecule has 4 nitrogen and oxygen atoms in total. The van der Waals surface area contributed by atoms with Crippen LogP contribution < -0.4 is 10.1 Å². The zero-order chi connectivity index (χ0) is 22.2. The summed E-state index contributed by atoms with van der Waals surface area (Å²) in [5, 5.41) is 12.8. The molecule has 4 rings (SSSR count). The van der Waals surface area contributed by atoms with Gasteiger partial charge in [0.05, 0.1) is 0 Å². The van der Waals surface area contributed by atoms with E-state index in [0.717, 1.165) is 33.7 Å². The lowest BCUT2D eigenvalue weighted by atomic mass is 10.0. The van der Waals surface area contributed by atoms with Crippen LogP contribution in [-0.2, 0) is 17.8 Å². The van der Waals surface area contributed by atoms with E-state index in [1.165, 1.54) is 0 Å². The summed E-state index contributed by atoms with van der Waals surface area (Å²) < 4.78 is 5.86. The number of anilines is 1. The third-order valence-corrected chi connectivity index (χ3v) is 5.22. The fourth-order valence-electron chi connectivity index (χ4n) is 3.52. The molecule has 0 heterocycles. The van der Waals surface area contributed by atoms with E-state index >= 15 is 0 Å². The summed E-state index contributed by atoms with van der Waals surface area (Å²) >= 11 is 0. The van der Waals surface area contributed by atoms with Crippen molar-refractivity contribution in [3.8, 4) is 16.9 Å². The number of hydrogen-bond acceptors (Lipinski definition) is 3. The van der Waals surface area contributed by atoms with Crippen molar-refractivity contribution in [3.63, 3.8) is 0 Å². The van der Waals surface area contributed by atoms with Gasteiger partial charge >= 0.3 is 5.97 Å². The first-order chi connectivity index (χ1) is 15.7. The van der Waals surface area contributed by atoms with Crippen LogP contribution in [0.5, 0.6) is 5.75 Å². The average Bonchev–Trinajstić information content (AvgIpc) is 2.84. The Labute approximate surface area is 188 Å². The summed E-state index contributed by atoms with van der Waals surface area (Å²) in [5.74, 6) is -0.0696. The fourth-order valence-corrected chi connectivity index (χ4v) is 3.52. The molecule has 0 amide bonds. The Morgan fingerprint density at radius 3 is 2.06 bits per heavy atom. The maximum absolute atomic E-state index is 11.8. The van der Waals surface area contributed by atoms with Crippen LogP contribution in [0.2, 0.25) is 0 Å². The van der Waals surface area contributed by atoms with Crippen molar-refractivity contribution < 1.29 is 14.6 Å². The third-order valence-electron chi connectivity index (χ3n) is 5.22.